The topological polar surface area (TPSA) is 47.6 Å². The Morgan fingerprint density at radius 3 is 2.59 bits per heavy atom. The van der Waals surface area contributed by atoms with Crippen LogP contribution in [0.25, 0.3) is 0 Å². The van der Waals surface area contributed by atoms with E-state index in [0.29, 0.717) is 17.1 Å². The Morgan fingerprint density at radius 2 is 1.82 bits per heavy atom. The SMILES string of the molecule is COc1ccc(OC)c(C(=O)Nc2ccc3c(c2)CCC3)c1. The lowest BCUT2D eigenvalue weighted by Gasteiger charge is -2.11. The zero-order valence-electron chi connectivity index (χ0n) is 12.8. The number of amides is 1. The van der Waals surface area contributed by atoms with Gasteiger partial charge in [-0.05, 0) is 60.7 Å². The number of rotatable bonds is 4. The van der Waals surface area contributed by atoms with E-state index in [0.717, 1.165) is 18.5 Å². The van der Waals surface area contributed by atoms with Gasteiger partial charge >= 0.3 is 0 Å². The molecule has 1 aliphatic carbocycles. The van der Waals surface area contributed by atoms with Gasteiger partial charge in [-0.25, -0.2) is 0 Å². The third-order valence-electron chi connectivity index (χ3n) is 4.01. The van der Waals surface area contributed by atoms with Crippen LogP contribution in [0.1, 0.15) is 27.9 Å². The van der Waals surface area contributed by atoms with Crippen LogP contribution in [0.4, 0.5) is 5.69 Å². The molecular weight excluding hydrogens is 278 g/mol. The molecule has 0 saturated heterocycles. The molecule has 3 rings (SSSR count). The molecule has 114 valence electrons. The maximum Gasteiger partial charge on any atom is 0.259 e. The number of fused-ring (bicyclic) bond motifs is 1. The lowest BCUT2D eigenvalue weighted by atomic mass is 10.1. The molecule has 0 saturated carbocycles. The number of hydrogen-bond acceptors (Lipinski definition) is 3. The Bertz CT molecular complexity index is 709. The molecule has 4 nitrogen and oxygen atoms in total. The predicted octanol–water partition coefficient (Wildman–Crippen LogP) is 3.44. The first kappa shape index (κ1) is 14.4. The van der Waals surface area contributed by atoms with Gasteiger partial charge in [-0.2, -0.15) is 0 Å². The monoisotopic (exact) mass is 297 g/mol. The van der Waals surface area contributed by atoms with Gasteiger partial charge in [-0.15, -0.1) is 0 Å². The quantitative estimate of drug-likeness (QED) is 0.940. The lowest BCUT2D eigenvalue weighted by Crippen LogP contribution is -2.13. The van der Waals surface area contributed by atoms with Crippen molar-refractivity contribution < 1.29 is 14.3 Å². The average Bonchev–Trinajstić information content (AvgIpc) is 3.01. The van der Waals surface area contributed by atoms with Gasteiger partial charge in [0.25, 0.3) is 5.91 Å². The number of nitrogens with one attached hydrogen (secondary N) is 1. The summed E-state index contributed by atoms with van der Waals surface area (Å²) in [5, 5.41) is 2.94. The highest BCUT2D eigenvalue weighted by molar-refractivity contribution is 6.06. The standard InChI is InChI=1S/C18H19NO3/c1-21-15-8-9-17(22-2)16(11-15)18(20)19-14-7-6-12-4-3-5-13(12)10-14/h6-11H,3-5H2,1-2H3,(H,19,20). The molecule has 1 aliphatic rings. The van der Waals surface area contributed by atoms with Crippen LogP contribution in [-0.2, 0) is 12.8 Å². The molecule has 0 radical (unpaired) electrons. The van der Waals surface area contributed by atoms with Crippen LogP contribution in [0, 0.1) is 0 Å². The van der Waals surface area contributed by atoms with E-state index in [1.165, 1.54) is 17.5 Å². The molecular formula is C18H19NO3. The van der Waals surface area contributed by atoms with Crippen LogP contribution in [0.2, 0.25) is 0 Å². The van der Waals surface area contributed by atoms with Gasteiger partial charge in [0.15, 0.2) is 0 Å². The first-order chi connectivity index (χ1) is 10.7. The molecule has 0 atom stereocenters. The van der Waals surface area contributed by atoms with Gasteiger partial charge in [0.2, 0.25) is 0 Å². The minimum Gasteiger partial charge on any atom is -0.497 e. The number of hydrogen-bond donors (Lipinski definition) is 1. The van der Waals surface area contributed by atoms with Gasteiger partial charge in [0.1, 0.15) is 11.5 Å². The van der Waals surface area contributed by atoms with E-state index in [-0.39, 0.29) is 5.91 Å². The van der Waals surface area contributed by atoms with E-state index in [1.54, 1.807) is 32.4 Å². The normalized spacial score (nSPS) is 12.6. The summed E-state index contributed by atoms with van der Waals surface area (Å²) >= 11 is 0. The van der Waals surface area contributed by atoms with Gasteiger partial charge in [0.05, 0.1) is 19.8 Å². The molecule has 0 bridgehead atoms. The zero-order valence-corrected chi connectivity index (χ0v) is 12.8. The van der Waals surface area contributed by atoms with Crippen LogP contribution in [0.15, 0.2) is 36.4 Å². The second-order valence-electron chi connectivity index (χ2n) is 5.36. The summed E-state index contributed by atoms with van der Waals surface area (Å²) in [6.07, 6.45) is 3.41. The van der Waals surface area contributed by atoms with E-state index >= 15 is 0 Å². The second kappa shape index (κ2) is 6.10. The van der Waals surface area contributed by atoms with Crippen molar-refractivity contribution in [3.63, 3.8) is 0 Å². The number of methoxy groups -OCH3 is 2. The molecule has 2 aromatic carbocycles. The summed E-state index contributed by atoms with van der Waals surface area (Å²) in [5.41, 5.74) is 3.99. The summed E-state index contributed by atoms with van der Waals surface area (Å²) in [5.74, 6) is 0.952. The summed E-state index contributed by atoms with van der Waals surface area (Å²) in [6.45, 7) is 0. The molecule has 0 aromatic heterocycles. The number of anilines is 1. The minimum atomic E-state index is -0.200. The van der Waals surface area contributed by atoms with E-state index in [1.807, 2.05) is 6.07 Å². The zero-order chi connectivity index (χ0) is 15.5. The first-order valence-corrected chi connectivity index (χ1v) is 7.36. The summed E-state index contributed by atoms with van der Waals surface area (Å²) < 4.78 is 10.4. The largest absolute Gasteiger partial charge is 0.497 e. The number of benzene rings is 2. The van der Waals surface area contributed by atoms with Crippen LogP contribution in [0.3, 0.4) is 0 Å². The van der Waals surface area contributed by atoms with Crippen molar-refractivity contribution in [3.8, 4) is 11.5 Å². The third-order valence-corrected chi connectivity index (χ3v) is 4.01. The summed E-state index contributed by atoms with van der Waals surface area (Å²) in [7, 11) is 3.12. The first-order valence-electron chi connectivity index (χ1n) is 7.36. The number of aryl methyl sites for hydroxylation is 2. The fraction of sp³-hybridized carbons (Fsp3) is 0.278. The molecule has 0 spiro atoms. The third kappa shape index (κ3) is 2.77. The van der Waals surface area contributed by atoms with Crippen molar-refractivity contribution in [3.05, 3.63) is 53.1 Å². The summed E-state index contributed by atoms with van der Waals surface area (Å²) in [4.78, 5) is 12.5. The highest BCUT2D eigenvalue weighted by Gasteiger charge is 2.16. The van der Waals surface area contributed by atoms with Crippen molar-refractivity contribution >= 4 is 11.6 Å². The molecule has 22 heavy (non-hydrogen) atoms. The Balaban J connectivity index is 1.85. The van der Waals surface area contributed by atoms with Crippen molar-refractivity contribution in [2.24, 2.45) is 0 Å². The van der Waals surface area contributed by atoms with Crippen molar-refractivity contribution in [1.29, 1.82) is 0 Å². The Kier molecular flexibility index (Phi) is 4.00. The Hall–Kier alpha value is -2.49. The van der Waals surface area contributed by atoms with E-state index in [9.17, 15) is 4.79 Å². The number of ether oxygens (including phenoxy) is 2. The molecule has 0 aliphatic heterocycles. The van der Waals surface area contributed by atoms with E-state index < -0.39 is 0 Å². The van der Waals surface area contributed by atoms with E-state index in [2.05, 4.69) is 17.4 Å². The number of carbonyl (C=O) groups is 1. The predicted molar refractivity (Wildman–Crippen MR) is 86.0 cm³/mol. The highest BCUT2D eigenvalue weighted by Crippen LogP contribution is 2.27. The van der Waals surface area contributed by atoms with Crippen LogP contribution in [-0.4, -0.2) is 20.1 Å². The van der Waals surface area contributed by atoms with Gasteiger partial charge in [-0.3, -0.25) is 4.79 Å². The van der Waals surface area contributed by atoms with Crippen molar-refractivity contribution in [2.75, 3.05) is 19.5 Å². The number of carbonyl (C=O) groups excluding carboxylic acids is 1. The second-order valence-corrected chi connectivity index (χ2v) is 5.36. The highest BCUT2D eigenvalue weighted by atomic mass is 16.5. The maximum atomic E-state index is 12.5. The average molecular weight is 297 g/mol. The lowest BCUT2D eigenvalue weighted by molar-refractivity contribution is 0.102. The maximum absolute atomic E-state index is 12.5. The van der Waals surface area contributed by atoms with Crippen LogP contribution in [0.5, 0.6) is 11.5 Å². The van der Waals surface area contributed by atoms with Crippen LogP contribution < -0.4 is 14.8 Å². The van der Waals surface area contributed by atoms with Crippen molar-refractivity contribution in [2.45, 2.75) is 19.3 Å². The molecule has 0 fully saturated rings. The molecule has 2 aromatic rings. The Labute approximate surface area is 130 Å². The fourth-order valence-corrected chi connectivity index (χ4v) is 2.84. The van der Waals surface area contributed by atoms with Gasteiger partial charge < -0.3 is 14.8 Å². The summed E-state index contributed by atoms with van der Waals surface area (Å²) in [6, 6.07) is 11.3. The molecule has 1 amide bonds. The minimum absolute atomic E-state index is 0.200. The van der Waals surface area contributed by atoms with E-state index in [4.69, 9.17) is 9.47 Å². The molecule has 4 heteroatoms. The molecule has 0 heterocycles. The van der Waals surface area contributed by atoms with Crippen molar-refractivity contribution in [1.82, 2.24) is 0 Å². The molecule has 1 N–H and O–H groups in total. The van der Waals surface area contributed by atoms with Crippen LogP contribution >= 0.6 is 0 Å². The fourth-order valence-electron chi connectivity index (χ4n) is 2.84. The smallest absolute Gasteiger partial charge is 0.259 e. The van der Waals surface area contributed by atoms with Gasteiger partial charge in [-0.1, -0.05) is 6.07 Å². The Morgan fingerprint density at radius 1 is 1.00 bits per heavy atom. The van der Waals surface area contributed by atoms with Gasteiger partial charge in [0, 0.05) is 5.69 Å². The molecule has 0 unspecified atom stereocenters.